The van der Waals surface area contributed by atoms with Crippen molar-refractivity contribution in [1.29, 1.82) is 0 Å². The summed E-state index contributed by atoms with van der Waals surface area (Å²) in [6.45, 7) is 4.90. The average molecular weight is 639 g/mol. The van der Waals surface area contributed by atoms with E-state index >= 15 is 0 Å². The zero-order valence-electron chi connectivity index (χ0n) is 27.9. The van der Waals surface area contributed by atoms with Crippen LogP contribution < -0.4 is 0 Å². The number of esters is 2. The molecule has 0 unspecified atom stereocenters. The van der Waals surface area contributed by atoms with E-state index in [1.54, 1.807) is 0 Å². The Bertz CT molecular complexity index is 930. The van der Waals surface area contributed by atoms with Crippen molar-refractivity contribution in [3.05, 3.63) is 29.3 Å². The topological polar surface area (TPSA) is 107 Å². The Morgan fingerprint density at radius 2 is 0.773 bits per heavy atom. The molecule has 0 saturated heterocycles. The number of unbranched alkanes of at least 4 members (excludes halogenated alkanes) is 22. The minimum absolute atomic E-state index is 0.101. The second-order valence-corrected chi connectivity index (χ2v) is 13.7. The molecule has 1 N–H and O–H groups in total. The van der Waals surface area contributed by atoms with E-state index in [2.05, 4.69) is 13.8 Å². The molecule has 1 aromatic rings. The van der Waals surface area contributed by atoms with Gasteiger partial charge in [-0.2, -0.15) is 8.42 Å². The molecule has 1 aromatic carbocycles. The third kappa shape index (κ3) is 20.9. The van der Waals surface area contributed by atoms with E-state index in [0.29, 0.717) is 12.8 Å². The van der Waals surface area contributed by atoms with Gasteiger partial charge < -0.3 is 9.47 Å². The minimum atomic E-state index is -4.63. The maximum Gasteiger partial charge on any atom is 0.338 e. The summed E-state index contributed by atoms with van der Waals surface area (Å²) in [5, 5.41) is 0. The summed E-state index contributed by atoms with van der Waals surface area (Å²) in [6, 6.07) is 3.33. The van der Waals surface area contributed by atoms with Crippen molar-refractivity contribution in [2.75, 3.05) is 13.2 Å². The number of hydrogen-bond acceptors (Lipinski definition) is 6. The van der Waals surface area contributed by atoms with Gasteiger partial charge in [0.05, 0.1) is 29.2 Å². The van der Waals surface area contributed by atoms with Crippen LogP contribution in [0, 0.1) is 0 Å². The molecule has 7 nitrogen and oxygen atoms in total. The zero-order chi connectivity index (χ0) is 32.3. The van der Waals surface area contributed by atoms with Gasteiger partial charge in [0, 0.05) is 0 Å². The van der Waals surface area contributed by atoms with Crippen LogP contribution in [-0.2, 0) is 19.6 Å². The molecule has 0 aliphatic rings. The quantitative estimate of drug-likeness (QED) is 0.0528. The third-order valence-electron chi connectivity index (χ3n) is 8.14. The first-order valence-corrected chi connectivity index (χ1v) is 19.2. The number of hydrogen-bond donors (Lipinski definition) is 1. The molecule has 0 amide bonds. The smallest absolute Gasteiger partial charge is 0.338 e. The van der Waals surface area contributed by atoms with Crippen LogP contribution in [0.1, 0.15) is 189 Å². The molecule has 0 fully saturated rings. The van der Waals surface area contributed by atoms with Crippen LogP contribution in [0.5, 0.6) is 0 Å². The fourth-order valence-corrected chi connectivity index (χ4v) is 5.92. The van der Waals surface area contributed by atoms with Crippen molar-refractivity contribution in [3.8, 4) is 0 Å². The van der Waals surface area contributed by atoms with Crippen molar-refractivity contribution >= 4 is 22.1 Å². The first kappa shape index (κ1) is 40.1. The summed E-state index contributed by atoms with van der Waals surface area (Å²) in [5.74, 6) is -1.46. The van der Waals surface area contributed by atoms with Gasteiger partial charge >= 0.3 is 11.9 Å². The maximum atomic E-state index is 12.6. The SMILES string of the molecule is CCCCCCCCCCCCCCOC(=O)c1cc(C(=O)OCCCCCCCCCCCCCC)cc(S(=O)(=O)O)c1. The Morgan fingerprint density at radius 3 is 1.05 bits per heavy atom. The highest BCUT2D eigenvalue weighted by Crippen LogP contribution is 2.19. The van der Waals surface area contributed by atoms with Gasteiger partial charge in [-0.25, -0.2) is 9.59 Å². The molecule has 0 aliphatic carbocycles. The van der Waals surface area contributed by atoms with Crippen LogP contribution in [0.4, 0.5) is 0 Å². The monoisotopic (exact) mass is 638 g/mol. The molecule has 0 radical (unpaired) electrons. The summed E-state index contributed by atoms with van der Waals surface area (Å²) in [4.78, 5) is 24.7. The highest BCUT2D eigenvalue weighted by molar-refractivity contribution is 7.85. The lowest BCUT2D eigenvalue weighted by molar-refractivity contribution is 0.0495. The number of carbonyl (C=O) groups excluding carboxylic acids is 2. The maximum absolute atomic E-state index is 12.6. The molecule has 0 aromatic heterocycles. The average Bonchev–Trinajstić information content (AvgIpc) is 3.00. The van der Waals surface area contributed by atoms with Crippen molar-refractivity contribution in [2.45, 2.75) is 173 Å². The van der Waals surface area contributed by atoms with E-state index in [4.69, 9.17) is 9.47 Å². The lowest BCUT2D eigenvalue weighted by atomic mass is 10.1. The highest BCUT2D eigenvalue weighted by atomic mass is 32.2. The van der Waals surface area contributed by atoms with Gasteiger partial charge in [-0.05, 0) is 31.0 Å². The number of rotatable bonds is 29. The Kier molecular flexibility index (Phi) is 24.0. The van der Waals surface area contributed by atoms with E-state index < -0.39 is 27.0 Å². The molecule has 0 aliphatic heterocycles. The summed E-state index contributed by atoms with van der Waals surface area (Å²) in [5.41, 5.74) is -0.201. The Morgan fingerprint density at radius 1 is 0.500 bits per heavy atom. The van der Waals surface area contributed by atoms with Gasteiger partial charge in [-0.1, -0.05) is 155 Å². The molecule has 0 bridgehead atoms. The third-order valence-corrected chi connectivity index (χ3v) is 8.97. The molecule has 1 rings (SSSR count). The predicted octanol–water partition coefficient (Wildman–Crippen LogP) is 10.6. The first-order valence-electron chi connectivity index (χ1n) is 17.8. The van der Waals surface area contributed by atoms with Gasteiger partial charge in [0.15, 0.2) is 0 Å². The van der Waals surface area contributed by atoms with Gasteiger partial charge in [-0.3, -0.25) is 4.55 Å². The second kappa shape index (κ2) is 26.3. The summed E-state index contributed by atoms with van der Waals surface area (Å²) < 4.78 is 43.9. The predicted molar refractivity (Wildman–Crippen MR) is 179 cm³/mol. The molecule has 0 spiro atoms. The Labute approximate surface area is 269 Å². The van der Waals surface area contributed by atoms with E-state index in [9.17, 15) is 22.6 Å². The van der Waals surface area contributed by atoms with Gasteiger partial charge in [0.1, 0.15) is 0 Å². The van der Waals surface area contributed by atoms with Crippen molar-refractivity contribution in [2.24, 2.45) is 0 Å². The number of ether oxygens (including phenoxy) is 2. The fourth-order valence-electron chi connectivity index (χ4n) is 5.37. The normalized spacial score (nSPS) is 11.5. The lowest BCUT2D eigenvalue weighted by Gasteiger charge is -2.10. The standard InChI is InChI=1S/C36H62O7S/c1-3-5-7-9-11-13-15-17-19-21-23-25-27-42-35(37)32-29-33(31-34(30-32)44(39,40)41)36(38)43-28-26-24-22-20-18-16-14-12-10-8-6-4-2/h29-31H,3-28H2,1-2H3,(H,39,40,41). The fraction of sp³-hybridized carbons (Fsp3) is 0.778. The van der Waals surface area contributed by atoms with Crippen LogP contribution in [0.25, 0.3) is 0 Å². The number of benzene rings is 1. The number of carbonyl (C=O) groups is 2. The Hall–Kier alpha value is -1.93. The zero-order valence-corrected chi connectivity index (χ0v) is 28.7. The van der Waals surface area contributed by atoms with E-state index in [0.717, 1.165) is 37.8 Å². The summed E-state index contributed by atoms with van der Waals surface area (Å²) >= 11 is 0. The van der Waals surface area contributed by atoms with Gasteiger partial charge in [-0.15, -0.1) is 0 Å². The van der Waals surface area contributed by atoms with Crippen LogP contribution in [0.3, 0.4) is 0 Å². The van der Waals surface area contributed by atoms with E-state index in [-0.39, 0.29) is 24.3 Å². The molecule has 0 heterocycles. The largest absolute Gasteiger partial charge is 0.462 e. The molecule has 0 saturated carbocycles. The van der Waals surface area contributed by atoms with Crippen LogP contribution >= 0.6 is 0 Å². The van der Waals surface area contributed by atoms with Crippen LogP contribution in [0.2, 0.25) is 0 Å². The van der Waals surface area contributed by atoms with Crippen LogP contribution in [0.15, 0.2) is 23.1 Å². The summed E-state index contributed by atoms with van der Waals surface area (Å²) in [6.07, 6.45) is 28.7. The van der Waals surface area contributed by atoms with Crippen molar-refractivity contribution in [3.63, 3.8) is 0 Å². The van der Waals surface area contributed by atoms with E-state index in [1.807, 2.05) is 0 Å². The van der Waals surface area contributed by atoms with Crippen molar-refractivity contribution < 1.29 is 32.0 Å². The minimum Gasteiger partial charge on any atom is -0.462 e. The van der Waals surface area contributed by atoms with Gasteiger partial charge in [0.25, 0.3) is 10.1 Å². The molecular weight excluding hydrogens is 576 g/mol. The highest BCUT2D eigenvalue weighted by Gasteiger charge is 2.20. The molecular formula is C36H62O7S. The molecule has 8 heteroatoms. The van der Waals surface area contributed by atoms with Crippen molar-refractivity contribution in [1.82, 2.24) is 0 Å². The molecule has 0 atom stereocenters. The van der Waals surface area contributed by atoms with Crippen LogP contribution in [-0.4, -0.2) is 38.1 Å². The van der Waals surface area contributed by atoms with E-state index in [1.165, 1.54) is 122 Å². The van der Waals surface area contributed by atoms with Gasteiger partial charge in [0.2, 0.25) is 0 Å². The first-order chi connectivity index (χ1) is 21.3. The Balaban J connectivity index is 2.32. The second-order valence-electron chi connectivity index (χ2n) is 12.3. The molecule has 44 heavy (non-hydrogen) atoms. The molecule has 254 valence electrons. The summed E-state index contributed by atoms with van der Waals surface area (Å²) in [7, 11) is -4.63. The lowest BCUT2D eigenvalue weighted by Crippen LogP contribution is -2.13.